The lowest BCUT2D eigenvalue weighted by atomic mass is 10.2. The molecule has 0 bridgehead atoms. The van der Waals surface area contributed by atoms with Crippen molar-refractivity contribution in [1.29, 1.82) is 0 Å². The van der Waals surface area contributed by atoms with Gasteiger partial charge >= 0.3 is 0 Å². The van der Waals surface area contributed by atoms with E-state index in [-0.39, 0.29) is 11.6 Å². The monoisotopic (exact) mass is 309 g/mol. The molecule has 3 N–H and O–H groups in total. The molecule has 114 valence electrons. The van der Waals surface area contributed by atoms with E-state index in [0.717, 1.165) is 17.7 Å². The predicted octanol–water partition coefficient (Wildman–Crippen LogP) is 0.701. The molecule has 0 amide bonds. The van der Waals surface area contributed by atoms with Crippen molar-refractivity contribution in [2.24, 2.45) is 0 Å². The molecule has 0 aliphatic carbocycles. The third kappa shape index (κ3) is 3.87. The van der Waals surface area contributed by atoms with Crippen LogP contribution in [0.3, 0.4) is 0 Å². The van der Waals surface area contributed by atoms with Crippen LogP contribution in [0.4, 0.5) is 0 Å². The number of hydrogen-bond donors (Lipinski definition) is 3. The first-order chi connectivity index (χ1) is 10.0. The van der Waals surface area contributed by atoms with Crippen molar-refractivity contribution in [3.63, 3.8) is 0 Å². The Bertz CT molecular complexity index is 696. The Morgan fingerprint density at radius 1 is 1.24 bits per heavy atom. The summed E-state index contributed by atoms with van der Waals surface area (Å²) < 4.78 is 27.3. The fraction of sp³-hybridized carbons (Fsp3) is 0.385. The van der Waals surface area contributed by atoms with Crippen molar-refractivity contribution in [3.8, 4) is 0 Å². The summed E-state index contributed by atoms with van der Waals surface area (Å²) in [4.78, 5) is 3.99. The van der Waals surface area contributed by atoms with Crippen molar-refractivity contribution in [2.45, 2.75) is 32.0 Å². The van der Waals surface area contributed by atoms with E-state index in [4.69, 9.17) is 0 Å². The van der Waals surface area contributed by atoms with E-state index in [9.17, 15) is 8.42 Å². The van der Waals surface area contributed by atoms with Gasteiger partial charge in [-0.25, -0.2) is 13.1 Å². The zero-order chi connectivity index (χ0) is 15.3. The highest BCUT2D eigenvalue weighted by atomic mass is 32.2. The molecule has 0 aliphatic heterocycles. The maximum absolute atomic E-state index is 12.3. The average Bonchev–Trinajstić information content (AvgIpc) is 2.93. The van der Waals surface area contributed by atoms with Gasteiger partial charge in [0.05, 0.1) is 6.20 Å². The van der Waals surface area contributed by atoms with Gasteiger partial charge in [-0.15, -0.1) is 0 Å². The molecule has 0 spiro atoms. The fourth-order valence-electron chi connectivity index (χ4n) is 1.86. The predicted molar refractivity (Wildman–Crippen MR) is 79.0 cm³/mol. The zero-order valence-corrected chi connectivity index (χ0v) is 12.9. The molecule has 0 saturated heterocycles. The molecular weight excluding hydrogens is 290 g/mol. The highest BCUT2D eigenvalue weighted by Crippen LogP contribution is 2.13. The minimum atomic E-state index is -3.62. The number of H-pyrrole nitrogens is 1. The lowest BCUT2D eigenvalue weighted by molar-refractivity contribution is 0.574. The normalized spacial score (nSPS) is 11.7. The van der Waals surface area contributed by atoms with Gasteiger partial charge in [0.1, 0.15) is 0 Å². The largest absolute Gasteiger partial charge is 0.313 e. The number of aryl methyl sites for hydroxylation is 1. The molecule has 0 fully saturated rings. The molecule has 2 aromatic rings. The number of hydrogen-bond acceptors (Lipinski definition) is 5. The molecular formula is C13H19N5O2S. The molecule has 7 nitrogen and oxygen atoms in total. The van der Waals surface area contributed by atoms with Crippen LogP contribution >= 0.6 is 0 Å². The first-order valence-corrected chi connectivity index (χ1v) is 8.15. The zero-order valence-electron chi connectivity index (χ0n) is 12.0. The van der Waals surface area contributed by atoms with Crippen molar-refractivity contribution >= 4 is 10.0 Å². The number of rotatable bonds is 7. The van der Waals surface area contributed by atoms with Gasteiger partial charge in [-0.3, -0.25) is 10.1 Å². The second kappa shape index (κ2) is 6.79. The summed E-state index contributed by atoms with van der Waals surface area (Å²) in [6.45, 7) is 5.28. The highest BCUT2D eigenvalue weighted by Gasteiger charge is 2.20. The Morgan fingerprint density at radius 2 is 2.05 bits per heavy atom. The third-order valence-corrected chi connectivity index (χ3v) is 4.52. The number of nitrogens with one attached hydrogen (secondary N) is 3. The lowest BCUT2D eigenvalue weighted by Crippen LogP contribution is -2.26. The molecule has 21 heavy (non-hydrogen) atoms. The Kier molecular flexibility index (Phi) is 5.05. The molecule has 0 atom stereocenters. The van der Waals surface area contributed by atoms with E-state index in [1.54, 1.807) is 18.5 Å². The Balaban J connectivity index is 2.12. The van der Waals surface area contributed by atoms with E-state index in [1.165, 1.54) is 6.20 Å². The summed E-state index contributed by atoms with van der Waals surface area (Å²) in [5.74, 6) is 0. The summed E-state index contributed by atoms with van der Waals surface area (Å²) in [6, 6.07) is 1.80. The highest BCUT2D eigenvalue weighted by molar-refractivity contribution is 7.89. The van der Waals surface area contributed by atoms with Crippen LogP contribution in [0, 0.1) is 6.92 Å². The quantitative estimate of drug-likeness (QED) is 0.699. The van der Waals surface area contributed by atoms with Crippen molar-refractivity contribution in [1.82, 2.24) is 25.2 Å². The van der Waals surface area contributed by atoms with Gasteiger partial charge in [0.15, 0.2) is 5.03 Å². The van der Waals surface area contributed by atoms with Gasteiger partial charge in [-0.05, 0) is 30.7 Å². The Morgan fingerprint density at radius 3 is 2.76 bits per heavy atom. The van der Waals surface area contributed by atoms with E-state index in [1.807, 2.05) is 13.8 Å². The van der Waals surface area contributed by atoms with Gasteiger partial charge in [0.2, 0.25) is 0 Å². The number of aromatic nitrogens is 3. The van der Waals surface area contributed by atoms with Crippen LogP contribution in [-0.4, -0.2) is 30.1 Å². The van der Waals surface area contributed by atoms with Gasteiger partial charge in [0, 0.05) is 31.0 Å². The van der Waals surface area contributed by atoms with Gasteiger partial charge in [-0.2, -0.15) is 5.10 Å². The molecule has 0 saturated carbocycles. The number of sulfonamides is 1. The minimum absolute atomic E-state index is 0.107. The van der Waals surface area contributed by atoms with Crippen LogP contribution in [0.2, 0.25) is 0 Å². The molecule has 0 radical (unpaired) electrons. The summed E-state index contributed by atoms with van der Waals surface area (Å²) in [6.07, 6.45) is 4.87. The fourth-order valence-corrected chi connectivity index (χ4v) is 3.00. The standard InChI is InChI=1S/C13H19N5O2S/c1-3-14-7-12-8-16-18-13(12)21(19,20)17-9-11-4-5-15-6-10(11)2/h4-6,8,14,17H,3,7,9H2,1-2H3,(H,16,18). The van der Waals surface area contributed by atoms with Crippen LogP contribution in [0.1, 0.15) is 23.6 Å². The average molecular weight is 309 g/mol. The Labute approximate surface area is 124 Å². The Hall–Kier alpha value is -1.77. The maximum Gasteiger partial charge on any atom is 0.258 e. The van der Waals surface area contributed by atoms with Crippen molar-refractivity contribution in [2.75, 3.05) is 6.54 Å². The van der Waals surface area contributed by atoms with E-state index in [2.05, 4.69) is 25.2 Å². The smallest absolute Gasteiger partial charge is 0.258 e. The van der Waals surface area contributed by atoms with E-state index in [0.29, 0.717) is 12.1 Å². The first kappa shape index (κ1) is 15.6. The summed E-state index contributed by atoms with van der Waals surface area (Å²) >= 11 is 0. The number of aromatic amines is 1. The van der Waals surface area contributed by atoms with Gasteiger partial charge in [-0.1, -0.05) is 6.92 Å². The van der Waals surface area contributed by atoms with Crippen molar-refractivity contribution in [3.05, 3.63) is 41.3 Å². The van der Waals surface area contributed by atoms with Crippen LogP contribution in [-0.2, 0) is 23.1 Å². The molecule has 0 aromatic carbocycles. The molecule has 2 aromatic heterocycles. The molecule has 0 unspecified atom stereocenters. The number of pyridine rings is 1. The third-order valence-electron chi connectivity index (χ3n) is 3.10. The van der Waals surface area contributed by atoms with Crippen LogP contribution in [0.15, 0.2) is 29.7 Å². The molecule has 2 rings (SSSR count). The molecule has 8 heteroatoms. The summed E-state index contributed by atoms with van der Waals surface area (Å²) in [5.41, 5.74) is 2.45. The molecule has 2 heterocycles. The van der Waals surface area contributed by atoms with E-state index >= 15 is 0 Å². The van der Waals surface area contributed by atoms with Gasteiger partial charge in [0.25, 0.3) is 10.0 Å². The lowest BCUT2D eigenvalue weighted by Gasteiger charge is -2.09. The van der Waals surface area contributed by atoms with E-state index < -0.39 is 10.0 Å². The topological polar surface area (TPSA) is 99.8 Å². The second-order valence-electron chi connectivity index (χ2n) is 4.63. The van der Waals surface area contributed by atoms with Crippen LogP contribution < -0.4 is 10.0 Å². The van der Waals surface area contributed by atoms with Crippen molar-refractivity contribution < 1.29 is 8.42 Å². The molecule has 0 aliphatic rings. The first-order valence-electron chi connectivity index (χ1n) is 6.66. The second-order valence-corrected chi connectivity index (χ2v) is 6.34. The SMILES string of the molecule is CCNCc1cn[nH]c1S(=O)(=O)NCc1ccncc1C. The number of nitrogens with zero attached hydrogens (tertiary/aromatic N) is 2. The minimum Gasteiger partial charge on any atom is -0.313 e. The van der Waals surface area contributed by atoms with Crippen LogP contribution in [0.5, 0.6) is 0 Å². The summed E-state index contributed by atoms with van der Waals surface area (Å²) in [7, 11) is -3.62. The van der Waals surface area contributed by atoms with Crippen LogP contribution in [0.25, 0.3) is 0 Å². The maximum atomic E-state index is 12.3. The van der Waals surface area contributed by atoms with Gasteiger partial charge < -0.3 is 5.32 Å². The summed E-state index contributed by atoms with van der Waals surface area (Å²) in [5, 5.41) is 9.56.